The van der Waals surface area contributed by atoms with E-state index in [0.29, 0.717) is 25.3 Å². The molecular weight excluding hydrogens is 335 g/mol. The van der Waals surface area contributed by atoms with E-state index in [9.17, 15) is 19.1 Å². The minimum Gasteiger partial charge on any atom is -0.480 e. The van der Waals surface area contributed by atoms with Crippen LogP contribution in [0.15, 0.2) is 24.3 Å². The zero-order valence-electron chi connectivity index (χ0n) is 14.8. The monoisotopic (exact) mass is 360 g/mol. The van der Waals surface area contributed by atoms with Gasteiger partial charge < -0.3 is 10.0 Å². The third-order valence-electron chi connectivity index (χ3n) is 6.27. The average molecular weight is 360 g/mol. The van der Waals surface area contributed by atoms with Crippen molar-refractivity contribution in [2.45, 2.75) is 44.2 Å². The van der Waals surface area contributed by atoms with Gasteiger partial charge in [0.05, 0.1) is 6.54 Å². The molecule has 0 spiro atoms. The van der Waals surface area contributed by atoms with E-state index in [2.05, 4.69) is 4.90 Å². The number of likely N-dealkylation sites (tertiary alicyclic amines) is 1. The van der Waals surface area contributed by atoms with Crippen molar-refractivity contribution in [3.63, 3.8) is 0 Å². The maximum Gasteiger partial charge on any atom is 0.317 e. The molecule has 3 fully saturated rings. The molecule has 0 unspecified atom stereocenters. The summed E-state index contributed by atoms with van der Waals surface area (Å²) in [5.74, 6) is -0.253. The molecule has 1 aromatic carbocycles. The van der Waals surface area contributed by atoms with Gasteiger partial charge in [-0.1, -0.05) is 12.1 Å². The van der Waals surface area contributed by atoms with Gasteiger partial charge in [0.2, 0.25) is 5.91 Å². The van der Waals surface area contributed by atoms with E-state index < -0.39 is 5.97 Å². The Balaban J connectivity index is 1.62. The van der Waals surface area contributed by atoms with Gasteiger partial charge >= 0.3 is 5.97 Å². The number of hydrogen-bond acceptors (Lipinski definition) is 3. The summed E-state index contributed by atoms with van der Waals surface area (Å²) >= 11 is 0. The number of aliphatic carboxylic acids is 1. The molecule has 4 rings (SSSR count). The molecular formula is C20H25FN2O3. The topological polar surface area (TPSA) is 60.9 Å². The summed E-state index contributed by atoms with van der Waals surface area (Å²) in [6, 6.07) is 6.84. The highest BCUT2D eigenvalue weighted by molar-refractivity contribution is 5.78. The zero-order valence-corrected chi connectivity index (χ0v) is 14.8. The minimum atomic E-state index is -0.803. The number of halogens is 1. The molecule has 1 aromatic rings. The number of piperidine rings is 3. The Bertz CT molecular complexity index is 710. The van der Waals surface area contributed by atoms with E-state index in [4.69, 9.17) is 0 Å². The van der Waals surface area contributed by atoms with E-state index in [-0.39, 0.29) is 36.3 Å². The molecule has 0 radical (unpaired) electrons. The predicted molar refractivity (Wildman–Crippen MR) is 94.0 cm³/mol. The summed E-state index contributed by atoms with van der Waals surface area (Å²) in [4.78, 5) is 28.0. The van der Waals surface area contributed by atoms with Crippen LogP contribution in [0.4, 0.5) is 4.39 Å². The van der Waals surface area contributed by atoms with Crippen LogP contribution in [0.3, 0.4) is 0 Å². The standard InChI is InChI=1S/C20H25FN2O3/c21-16-4-1-3-13(7-16)8-18-15-9-14(10-22(11-15)12-20(25)26)17-5-2-6-19(24)23(17)18/h1,3-4,7,14-15,17-18H,2,5-6,8-12H2,(H,25,26)/t14-,15+,17+,18+/m1/s1. The van der Waals surface area contributed by atoms with Crippen molar-refractivity contribution < 1.29 is 19.1 Å². The van der Waals surface area contributed by atoms with Gasteiger partial charge in [-0.3, -0.25) is 14.5 Å². The molecule has 0 saturated carbocycles. The molecule has 3 aliphatic rings. The maximum atomic E-state index is 13.6. The van der Waals surface area contributed by atoms with E-state index in [0.717, 1.165) is 31.4 Å². The second kappa shape index (κ2) is 6.99. The van der Waals surface area contributed by atoms with Crippen LogP contribution in [0.25, 0.3) is 0 Å². The highest BCUT2D eigenvalue weighted by atomic mass is 19.1. The van der Waals surface area contributed by atoms with Crippen LogP contribution in [-0.2, 0) is 16.0 Å². The highest BCUT2D eigenvalue weighted by Crippen LogP contribution is 2.42. The number of fused-ring (bicyclic) bond motifs is 4. The Labute approximate surface area is 152 Å². The first kappa shape index (κ1) is 17.5. The quantitative estimate of drug-likeness (QED) is 0.894. The zero-order chi connectivity index (χ0) is 18.3. The number of rotatable bonds is 4. The van der Waals surface area contributed by atoms with Gasteiger partial charge in [0.25, 0.3) is 0 Å². The largest absolute Gasteiger partial charge is 0.480 e. The SMILES string of the molecule is O=C(O)CN1C[C@H]2C[C@@H](C1)[C@H](Cc1cccc(F)c1)N1C(=O)CCC[C@@H]21. The van der Waals surface area contributed by atoms with Crippen molar-refractivity contribution in [2.24, 2.45) is 11.8 Å². The lowest BCUT2D eigenvalue weighted by Crippen LogP contribution is -2.65. The molecule has 2 bridgehead atoms. The first-order valence-electron chi connectivity index (χ1n) is 9.51. The smallest absolute Gasteiger partial charge is 0.317 e. The van der Waals surface area contributed by atoms with Crippen LogP contribution >= 0.6 is 0 Å². The Kier molecular flexibility index (Phi) is 4.69. The molecule has 1 N–H and O–H groups in total. The Morgan fingerprint density at radius 3 is 2.85 bits per heavy atom. The number of carbonyl (C=O) groups is 2. The molecule has 26 heavy (non-hydrogen) atoms. The molecule has 4 atom stereocenters. The molecule has 6 heteroatoms. The number of hydrogen-bond donors (Lipinski definition) is 1. The molecule has 3 saturated heterocycles. The van der Waals surface area contributed by atoms with E-state index >= 15 is 0 Å². The number of carboxylic acid groups (broad SMARTS) is 1. The number of benzene rings is 1. The fourth-order valence-corrected chi connectivity index (χ4v) is 5.36. The first-order chi connectivity index (χ1) is 12.5. The van der Waals surface area contributed by atoms with Crippen LogP contribution in [0.2, 0.25) is 0 Å². The molecule has 1 amide bonds. The summed E-state index contributed by atoms with van der Waals surface area (Å²) in [7, 11) is 0. The minimum absolute atomic E-state index is 0.0300. The number of amides is 1. The van der Waals surface area contributed by atoms with Crippen LogP contribution < -0.4 is 0 Å². The number of nitrogens with zero attached hydrogens (tertiary/aromatic N) is 2. The molecule has 0 aliphatic carbocycles. The Morgan fingerprint density at radius 2 is 2.08 bits per heavy atom. The molecule has 0 aromatic heterocycles. The van der Waals surface area contributed by atoms with Crippen LogP contribution in [0.5, 0.6) is 0 Å². The predicted octanol–water partition coefficient (Wildman–Crippen LogP) is 2.15. The van der Waals surface area contributed by atoms with Crippen molar-refractivity contribution in [3.05, 3.63) is 35.6 Å². The molecule has 5 nitrogen and oxygen atoms in total. The maximum absolute atomic E-state index is 13.6. The van der Waals surface area contributed by atoms with Gasteiger partial charge in [-0.05, 0) is 55.2 Å². The summed E-state index contributed by atoms with van der Waals surface area (Å²) in [6.07, 6.45) is 4.16. The molecule has 140 valence electrons. The Hall–Kier alpha value is -1.95. The lowest BCUT2D eigenvalue weighted by molar-refractivity contribution is -0.155. The second-order valence-corrected chi connectivity index (χ2v) is 8.01. The van der Waals surface area contributed by atoms with Crippen molar-refractivity contribution in [1.82, 2.24) is 9.80 Å². The van der Waals surface area contributed by atoms with E-state index in [1.807, 2.05) is 11.0 Å². The van der Waals surface area contributed by atoms with Crippen molar-refractivity contribution in [1.29, 1.82) is 0 Å². The lowest BCUT2D eigenvalue weighted by Gasteiger charge is -2.56. The number of carbonyl (C=O) groups excluding carboxylic acids is 1. The third kappa shape index (κ3) is 3.34. The lowest BCUT2D eigenvalue weighted by atomic mass is 9.71. The fraction of sp³-hybridized carbons (Fsp3) is 0.600. The third-order valence-corrected chi connectivity index (χ3v) is 6.27. The van der Waals surface area contributed by atoms with Gasteiger partial charge in [0.15, 0.2) is 0 Å². The summed E-state index contributed by atoms with van der Waals surface area (Å²) in [5.41, 5.74) is 0.904. The normalized spacial score (nSPS) is 31.6. The van der Waals surface area contributed by atoms with Crippen LogP contribution in [0, 0.1) is 17.7 Å². The fourth-order valence-electron chi connectivity index (χ4n) is 5.36. The van der Waals surface area contributed by atoms with Crippen LogP contribution in [0.1, 0.15) is 31.2 Å². The van der Waals surface area contributed by atoms with Crippen LogP contribution in [-0.4, -0.2) is 58.5 Å². The van der Waals surface area contributed by atoms with Gasteiger partial charge in [-0.25, -0.2) is 4.39 Å². The van der Waals surface area contributed by atoms with Gasteiger partial charge in [0.1, 0.15) is 5.82 Å². The average Bonchev–Trinajstić information content (AvgIpc) is 2.58. The van der Waals surface area contributed by atoms with Gasteiger partial charge in [-0.15, -0.1) is 0 Å². The molecule has 3 heterocycles. The second-order valence-electron chi connectivity index (χ2n) is 8.01. The Morgan fingerprint density at radius 1 is 1.27 bits per heavy atom. The summed E-state index contributed by atoms with van der Waals surface area (Å²) in [5, 5.41) is 9.19. The van der Waals surface area contributed by atoms with Crippen molar-refractivity contribution >= 4 is 11.9 Å². The van der Waals surface area contributed by atoms with E-state index in [1.54, 1.807) is 12.1 Å². The first-order valence-corrected chi connectivity index (χ1v) is 9.51. The van der Waals surface area contributed by atoms with Crippen molar-refractivity contribution in [3.8, 4) is 0 Å². The molecule has 3 aliphatic heterocycles. The van der Waals surface area contributed by atoms with E-state index in [1.165, 1.54) is 6.07 Å². The highest BCUT2D eigenvalue weighted by Gasteiger charge is 2.49. The number of carboxylic acids is 1. The van der Waals surface area contributed by atoms with Gasteiger partial charge in [0, 0.05) is 31.6 Å². The summed E-state index contributed by atoms with van der Waals surface area (Å²) < 4.78 is 13.6. The van der Waals surface area contributed by atoms with Crippen molar-refractivity contribution in [2.75, 3.05) is 19.6 Å². The van der Waals surface area contributed by atoms with Gasteiger partial charge in [-0.2, -0.15) is 0 Å². The summed E-state index contributed by atoms with van der Waals surface area (Å²) in [6.45, 7) is 1.50.